The van der Waals surface area contributed by atoms with Crippen molar-refractivity contribution in [3.05, 3.63) is 69.6 Å². The van der Waals surface area contributed by atoms with Crippen molar-refractivity contribution in [2.75, 3.05) is 26.4 Å². The fraction of sp³-hybridized carbons (Fsp3) is 0.308. The van der Waals surface area contributed by atoms with Crippen LogP contribution in [0.1, 0.15) is 30.0 Å². The van der Waals surface area contributed by atoms with E-state index in [-0.39, 0.29) is 5.91 Å². The smallest absolute Gasteiger partial charge is 0.266 e. The van der Waals surface area contributed by atoms with Gasteiger partial charge in [-0.3, -0.25) is 9.69 Å². The Bertz CT molecular complexity index is 1100. The van der Waals surface area contributed by atoms with Gasteiger partial charge in [-0.05, 0) is 67.8 Å². The van der Waals surface area contributed by atoms with Crippen LogP contribution in [0, 0.1) is 13.8 Å². The van der Waals surface area contributed by atoms with Crippen molar-refractivity contribution in [3.8, 4) is 17.2 Å². The molecule has 0 aliphatic carbocycles. The van der Waals surface area contributed by atoms with Crippen LogP contribution in [0.5, 0.6) is 17.2 Å². The largest absolute Gasteiger partial charge is 0.493 e. The Balaban J connectivity index is 1.66. The van der Waals surface area contributed by atoms with Crippen LogP contribution in [0.2, 0.25) is 5.02 Å². The van der Waals surface area contributed by atoms with E-state index in [0.29, 0.717) is 58.5 Å². The minimum absolute atomic E-state index is 0.145. The first kappa shape index (κ1) is 26.1. The predicted molar refractivity (Wildman–Crippen MR) is 144 cm³/mol. The number of carbonyl (C=O) groups excluding carboxylic acids is 1. The molecule has 34 heavy (non-hydrogen) atoms. The molecule has 0 N–H and O–H groups in total. The van der Waals surface area contributed by atoms with Crippen LogP contribution in [-0.2, 0) is 4.79 Å². The van der Waals surface area contributed by atoms with Crippen molar-refractivity contribution >= 4 is 51.9 Å². The zero-order chi connectivity index (χ0) is 24.7. The molecule has 180 valence electrons. The van der Waals surface area contributed by atoms with E-state index < -0.39 is 0 Å². The Morgan fingerprint density at radius 3 is 2.47 bits per heavy atom. The lowest BCUT2D eigenvalue weighted by Gasteiger charge is -2.15. The summed E-state index contributed by atoms with van der Waals surface area (Å²) in [7, 11) is 0. The van der Waals surface area contributed by atoms with E-state index in [9.17, 15) is 4.79 Å². The molecule has 2 aromatic carbocycles. The summed E-state index contributed by atoms with van der Waals surface area (Å²) in [6.45, 7) is 11.4. The number of amides is 1. The normalized spacial score (nSPS) is 14.6. The molecule has 5 nitrogen and oxygen atoms in total. The second-order valence-electron chi connectivity index (χ2n) is 7.72. The average Bonchev–Trinajstić information content (AvgIpc) is 3.02. The van der Waals surface area contributed by atoms with Gasteiger partial charge < -0.3 is 14.2 Å². The number of hydrogen-bond donors (Lipinski definition) is 0. The van der Waals surface area contributed by atoms with Crippen LogP contribution in [-0.4, -0.2) is 41.5 Å². The highest BCUT2D eigenvalue weighted by Crippen LogP contribution is 2.39. The first-order valence-corrected chi connectivity index (χ1v) is 12.6. The highest BCUT2D eigenvalue weighted by atomic mass is 35.5. The molecule has 1 saturated heterocycles. The maximum atomic E-state index is 12.6. The van der Waals surface area contributed by atoms with Gasteiger partial charge in [-0.25, -0.2) is 0 Å². The summed E-state index contributed by atoms with van der Waals surface area (Å²) in [5, 5.41) is 0.411. The van der Waals surface area contributed by atoms with Crippen LogP contribution in [0.25, 0.3) is 6.08 Å². The van der Waals surface area contributed by atoms with Crippen molar-refractivity contribution in [3.63, 3.8) is 0 Å². The van der Waals surface area contributed by atoms with Crippen molar-refractivity contribution in [2.45, 2.75) is 27.2 Å². The standard InChI is InChI=1S/C26H28ClNO4S2/c1-5-8-28-25(29)23(34-26(28)33)16-19-14-21(27)24(22(15-19)30-6-2)32-10-7-9-31-20-12-17(3)11-18(4)13-20/h5,11-16H,1,6-10H2,2-4H3/b23-16+. The number of benzene rings is 2. The van der Waals surface area contributed by atoms with Gasteiger partial charge in [0, 0.05) is 13.0 Å². The summed E-state index contributed by atoms with van der Waals surface area (Å²) in [5.41, 5.74) is 3.07. The summed E-state index contributed by atoms with van der Waals surface area (Å²) < 4.78 is 18.1. The molecule has 3 rings (SSSR count). The van der Waals surface area contributed by atoms with Gasteiger partial charge in [0.2, 0.25) is 0 Å². The second-order valence-corrected chi connectivity index (χ2v) is 9.80. The maximum absolute atomic E-state index is 12.6. The molecule has 2 aromatic rings. The molecule has 1 aliphatic rings. The number of thiocarbonyl (C=S) groups is 1. The van der Waals surface area contributed by atoms with E-state index in [1.54, 1.807) is 18.2 Å². The Labute approximate surface area is 215 Å². The molecule has 0 bridgehead atoms. The average molecular weight is 518 g/mol. The highest BCUT2D eigenvalue weighted by molar-refractivity contribution is 8.26. The SMILES string of the molecule is C=CCN1C(=O)/C(=C\c2cc(Cl)c(OCCCOc3cc(C)cc(C)c3)c(OCC)c2)SC1=S. The maximum Gasteiger partial charge on any atom is 0.266 e. The van der Waals surface area contributed by atoms with Gasteiger partial charge in [-0.2, -0.15) is 0 Å². The van der Waals surface area contributed by atoms with Crippen molar-refractivity contribution < 1.29 is 19.0 Å². The summed E-state index contributed by atoms with van der Waals surface area (Å²) in [4.78, 5) is 14.7. The number of ether oxygens (including phenoxy) is 3. The summed E-state index contributed by atoms with van der Waals surface area (Å²) >= 11 is 13.1. The van der Waals surface area contributed by atoms with Crippen LogP contribution in [0.4, 0.5) is 0 Å². The molecule has 0 atom stereocenters. The summed E-state index contributed by atoms with van der Waals surface area (Å²) in [5.74, 6) is 1.71. The van der Waals surface area contributed by atoms with E-state index in [0.717, 1.165) is 11.3 Å². The van der Waals surface area contributed by atoms with Gasteiger partial charge in [0.15, 0.2) is 11.5 Å². The van der Waals surface area contributed by atoms with E-state index in [1.807, 2.05) is 39.0 Å². The second kappa shape index (κ2) is 12.3. The van der Waals surface area contributed by atoms with Gasteiger partial charge in [-0.15, -0.1) is 6.58 Å². The monoisotopic (exact) mass is 517 g/mol. The van der Waals surface area contributed by atoms with E-state index in [1.165, 1.54) is 27.8 Å². The Kier molecular flexibility index (Phi) is 9.45. The van der Waals surface area contributed by atoms with Gasteiger partial charge in [0.25, 0.3) is 5.91 Å². The van der Waals surface area contributed by atoms with Crippen LogP contribution >= 0.6 is 35.6 Å². The van der Waals surface area contributed by atoms with Gasteiger partial charge in [-0.1, -0.05) is 47.7 Å². The molecule has 0 radical (unpaired) electrons. The minimum Gasteiger partial charge on any atom is -0.493 e. The molecule has 1 heterocycles. The van der Waals surface area contributed by atoms with E-state index >= 15 is 0 Å². The number of rotatable bonds is 11. The fourth-order valence-electron chi connectivity index (χ4n) is 3.45. The molecule has 1 amide bonds. The third-order valence-corrected chi connectivity index (χ3v) is 6.47. The number of nitrogens with zero attached hydrogens (tertiary/aromatic N) is 1. The van der Waals surface area contributed by atoms with Crippen molar-refractivity contribution in [1.29, 1.82) is 0 Å². The van der Waals surface area contributed by atoms with Gasteiger partial charge in [0.1, 0.15) is 10.1 Å². The molecular formula is C26H28ClNO4S2. The third-order valence-electron chi connectivity index (χ3n) is 4.81. The number of aryl methyl sites for hydroxylation is 2. The topological polar surface area (TPSA) is 48.0 Å². The number of thioether (sulfide) groups is 1. The van der Waals surface area contributed by atoms with E-state index in [2.05, 4.69) is 12.6 Å². The molecular weight excluding hydrogens is 490 g/mol. The predicted octanol–water partition coefficient (Wildman–Crippen LogP) is 6.59. The van der Waals surface area contributed by atoms with Gasteiger partial charge in [0.05, 0.1) is 29.7 Å². The van der Waals surface area contributed by atoms with Crippen LogP contribution < -0.4 is 14.2 Å². The lowest BCUT2D eigenvalue weighted by molar-refractivity contribution is -0.121. The molecule has 0 saturated carbocycles. The Morgan fingerprint density at radius 2 is 1.79 bits per heavy atom. The van der Waals surface area contributed by atoms with E-state index in [4.69, 9.17) is 38.0 Å². The summed E-state index contributed by atoms with van der Waals surface area (Å²) in [6, 6.07) is 9.71. The minimum atomic E-state index is -0.145. The molecule has 0 unspecified atom stereocenters. The summed E-state index contributed by atoms with van der Waals surface area (Å²) in [6.07, 6.45) is 4.09. The van der Waals surface area contributed by atoms with Crippen molar-refractivity contribution in [2.24, 2.45) is 0 Å². The fourth-order valence-corrected chi connectivity index (χ4v) is 5.00. The Hall–Kier alpha value is -2.48. The van der Waals surface area contributed by atoms with Gasteiger partial charge >= 0.3 is 0 Å². The molecule has 8 heteroatoms. The first-order chi connectivity index (χ1) is 16.3. The zero-order valence-corrected chi connectivity index (χ0v) is 21.9. The van der Waals surface area contributed by atoms with Crippen molar-refractivity contribution in [1.82, 2.24) is 4.90 Å². The van der Waals surface area contributed by atoms with Crippen LogP contribution in [0.15, 0.2) is 47.9 Å². The molecule has 1 fully saturated rings. The zero-order valence-electron chi connectivity index (χ0n) is 19.6. The third kappa shape index (κ3) is 6.78. The quantitative estimate of drug-likeness (QED) is 0.145. The lowest BCUT2D eigenvalue weighted by Crippen LogP contribution is -2.27. The molecule has 0 aromatic heterocycles. The highest BCUT2D eigenvalue weighted by Gasteiger charge is 2.31. The number of carbonyl (C=O) groups is 1. The first-order valence-electron chi connectivity index (χ1n) is 11.0. The lowest BCUT2D eigenvalue weighted by atomic mass is 10.1. The number of hydrogen-bond acceptors (Lipinski definition) is 6. The molecule has 1 aliphatic heterocycles. The van der Waals surface area contributed by atoms with Crippen LogP contribution in [0.3, 0.4) is 0 Å². The molecule has 0 spiro atoms. The Morgan fingerprint density at radius 1 is 1.09 bits per heavy atom. The number of halogens is 1.